The Morgan fingerprint density at radius 2 is 1.83 bits per heavy atom. The van der Waals surface area contributed by atoms with E-state index in [2.05, 4.69) is 30.6 Å². The van der Waals surface area contributed by atoms with Crippen LogP contribution in [0.4, 0.5) is 5.82 Å². The third kappa shape index (κ3) is 5.87. The average molecular weight is 486 g/mol. The molecule has 186 valence electrons. The highest BCUT2D eigenvalue weighted by molar-refractivity contribution is 5.95. The van der Waals surface area contributed by atoms with E-state index in [9.17, 15) is 4.79 Å². The second-order valence-electron chi connectivity index (χ2n) is 8.76. The number of pyridine rings is 1. The van der Waals surface area contributed by atoms with Gasteiger partial charge in [0.05, 0.1) is 19.4 Å². The molecule has 0 aliphatic carbocycles. The van der Waals surface area contributed by atoms with E-state index in [4.69, 9.17) is 4.74 Å². The lowest BCUT2D eigenvalue weighted by molar-refractivity contribution is 0.0383. The van der Waals surface area contributed by atoms with Crippen molar-refractivity contribution < 1.29 is 9.53 Å². The van der Waals surface area contributed by atoms with Crippen molar-refractivity contribution in [2.75, 3.05) is 51.3 Å². The van der Waals surface area contributed by atoms with E-state index < -0.39 is 0 Å². The molecule has 1 aliphatic rings. The fourth-order valence-corrected chi connectivity index (χ4v) is 4.32. The summed E-state index contributed by atoms with van der Waals surface area (Å²) in [6, 6.07) is 15.5. The van der Waals surface area contributed by atoms with Gasteiger partial charge in [0.25, 0.3) is 5.91 Å². The molecule has 1 amide bonds. The predicted molar refractivity (Wildman–Crippen MR) is 139 cm³/mol. The number of carbonyl (C=O) groups is 1. The van der Waals surface area contributed by atoms with Crippen molar-refractivity contribution in [1.82, 2.24) is 29.8 Å². The Bertz CT molecular complexity index is 1270. The summed E-state index contributed by atoms with van der Waals surface area (Å²) in [5, 5.41) is 11.0. The first-order valence-electron chi connectivity index (χ1n) is 12.4. The molecule has 9 heteroatoms. The molecule has 0 saturated carbocycles. The van der Waals surface area contributed by atoms with E-state index in [0.29, 0.717) is 12.1 Å². The fraction of sp³-hybridized carbons (Fsp3) is 0.333. The Morgan fingerprint density at radius 1 is 0.972 bits per heavy atom. The van der Waals surface area contributed by atoms with Crippen LogP contribution in [0, 0.1) is 0 Å². The van der Waals surface area contributed by atoms with Crippen LogP contribution in [0.3, 0.4) is 0 Å². The molecule has 1 fully saturated rings. The summed E-state index contributed by atoms with van der Waals surface area (Å²) < 4.78 is 7.19. The third-order valence-electron chi connectivity index (χ3n) is 6.32. The summed E-state index contributed by atoms with van der Waals surface area (Å²) >= 11 is 0. The zero-order valence-electron chi connectivity index (χ0n) is 20.3. The zero-order chi connectivity index (χ0) is 24.6. The summed E-state index contributed by atoms with van der Waals surface area (Å²) in [6.45, 7) is 5.62. The lowest BCUT2D eigenvalue weighted by atomic mass is 10.1. The molecule has 0 unspecified atom stereocenters. The highest BCUT2D eigenvalue weighted by Gasteiger charge is 2.13. The first kappa shape index (κ1) is 23.9. The number of rotatable bonds is 10. The predicted octanol–water partition coefficient (Wildman–Crippen LogP) is 2.90. The van der Waals surface area contributed by atoms with Gasteiger partial charge < -0.3 is 15.4 Å². The molecule has 4 aromatic rings. The molecular formula is C27H31N7O2. The number of hydrogen-bond acceptors (Lipinski definition) is 7. The van der Waals surface area contributed by atoms with Gasteiger partial charge in [0.1, 0.15) is 5.82 Å². The SMILES string of the molecule is O=C(NCCN1CCOCC1)c1ccc(-c2cnn3c(NCCCc4ccccn4)ccnc23)cc1. The van der Waals surface area contributed by atoms with Crippen molar-refractivity contribution in [3.8, 4) is 11.1 Å². The van der Waals surface area contributed by atoms with Crippen LogP contribution in [-0.4, -0.2) is 76.3 Å². The van der Waals surface area contributed by atoms with Crippen LogP contribution >= 0.6 is 0 Å². The maximum absolute atomic E-state index is 12.6. The maximum Gasteiger partial charge on any atom is 0.251 e. The second-order valence-corrected chi connectivity index (χ2v) is 8.76. The Balaban J connectivity index is 1.18. The molecule has 1 aromatic carbocycles. The molecular weight excluding hydrogens is 454 g/mol. The Kier molecular flexibility index (Phi) is 7.80. The van der Waals surface area contributed by atoms with Crippen molar-refractivity contribution in [2.45, 2.75) is 12.8 Å². The molecule has 4 heterocycles. The van der Waals surface area contributed by atoms with Gasteiger partial charge in [0.15, 0.2) is 5.65 Å². The summed E-state index contributed by atoms with van der Waals surface area (Å²) in [6.07, 6.45) is 7.31. The van der Waals surface area contributed by atoms with Crippen molar-refractivity contribution >= 4 is 17.4 Å². The standard InChI is InChI=1S/C27H31N7O2/c35-27(31-14-15-33-16-18-36-19-17-33)22-8-6-21(7-9-22)24-20-32-34-25(10-13-30-26(24)34)29-12-3-5-23-4-1-2-11-28-23/h1-2,4,6-11,13,20,29H,3,5,12,14-19H2,(H,31,35). The van der Waals surface area contributed by atoms with Gasteiger partial charge in [-0.15, -0.1) is 0 Å². The molecule has 36 heavy (non-hydrogen) atoms. The smallest absolute Gasteiger partial charge is 0.251 e. The number of nitrogens with one attached hydrogen (secondary N) is 2. The molecule has 0 atom stereocenters. The maximum atomic E-state index is 12.6. The fourth-order valence-electron chi connectivity index (χ4n) is 4.32. The third-order valence-corrected chi connectivity index (χ3v) is 6.32. The first-order chi connectivity index (χ1) is 17.8. The van der Waals surface area contributed by atoms with Crippen LogP contribution in [0.25, 0.3) is 16.8 Å². The number of nitrogens with zero attached hydrogens (tertiary/aromatic N) is 5. The minimum Gasteiger partial charge on any atom is -0.379 e. The number of aryl methyl sites for hydroxylation is 1. The quantitative estimate of drug-likeness (QED) is 0.334. The first-order valence-corrected chi connectivity index (χ1v) is 12.4. The molecule has 0 radical (unpaired) electrons. The molecule has 2 N–H and O–H groups in total. The van der Waals surface area contributed by atoms with Crippen LogP contribution in [-0.2, 0) is 11.2 Å². The summed E-state index contributed by atoms with van der Waals surface area (Å²) in [4.78, 5) is 23.8. The van der Waals surface area contributed by atoms with Crippen LogP contribution in [0.15, 0.2) is 67.1 Å². The van der Waals surface area contributed by atoms with Gasteiger partial charge in [-0.25, -0.2) is 4.98 Å². The molecule has 5 rings (SSSR count). The summed E-state index contributed by atoms with van der Waals surface area (Å²) in [5.74, 6) is 0.827. The number of carbonyl (C=O) groups excluding carboxylic acids is 1. The highest BCUT2D eigenvalue weighted by Crippen LogP contribution is 2.25. The largest absolute Gasteiger partial charge is 0.379 e. The van der Waals surface area contributed by atoms with Gasteiger partial charge in [-0.1, -0.05) is 18.2 Å². The molecule has 1 saturated heterocycles. The zero-order valence-corrected chi connectivity index (χ0v) is 20.3. The Labute approximate surface area is 210 Å². The Hall–Kier alpha value is -3.82. The lowest BCUT2D eigenvalue weighted by Crippen LogP contribution is -2.41. The van der Waals surface area contributed by atoms with Crippen LogP contribution < -0.4 is 10.6 Å². The van der Waals surface area contributed by atoms with E-state index in [0.717, 1.165) is 80.5 Å². The van der Waals surface area contributed by atoms with Crippen molar-refractivity contribution in [3.05, 3.63) is 78.4 Å². The highest BCUT2D eigenvalue weighted by atomic mass is 16.5. The number of anilines is 1. The molecule has 3 aromatic heterocycles. The van der Waals surface area contributed by atoms with E-state index in [1.165, 1.54) is 0 Å². The minimum absolute atomic E-state index is 0.0648. The summed E-state index contributed by atoms with van der Waals surface area (Å²) in [7, 11) is 0. The number of hydrogen-bond donors (Lipinski definition) is 2. The van der Waals surface area contributed by atoms with Gasteiger partial charge in [0, 0.05) is 61.9 Å². The monoisotopic (exact) mass is 485 g/mol. The molecule has 9 nitrogen and oxygen atoms in total. The van der Waals surface area contributed by atoms with Crippen LogP contribution in [0.2, 0.25) is 0 Å². The summed E-state index contributed by atoms with van der Waals surface area (Å²) in [5.41, 5.74) is 4.39. The van der Waals surface area contributed by atoms with E-state index in [-0.39, 0.29) is 5.91 Å². The number of benzene rings is 1. The second kappa shape index (κ2) is 11.7. The minimum atomic E-state index is -0.0648. The number of amides is 1. The number of aromatic nitrogens is 4. The number of fused-ring (bicyclic) bond motifs is 1. The molecule has 0 spiro atoms. The van der Waals surface area contributed by atoms with Gasteiger partial charge >= 0.3 is 0 Å². The molecule has 0 bridgehead atoms. The number of ether oxygens (including phenoxy) is 1. The van der Waals surface area contributed by atoms with Gasteiger partial charge in [-0.2, -0.15) is 9.61 Å². The topological polar surface area (TPSA) is 96.7 Å². The van der Waals surface area contributed by atoms with Crippen molar-refractivity contribution in [1.29, 1.82) is 0 Å². The lowest BCUT2D eigenvalue weighted by Gasteiger charge is -2.26. The normalized spacial score (nSPS) is 14.1. The average Bonchev–Trinajstić information content (AvgIpc) is 3.37. The van der Waals surface area contributed by atoms with Gasteiger partial charge in [0.2, 0.25) is 0 Å². The van der Waals surface area contributed by atoms with Crippen molar-refractivity contribution in [2.24, 2.45) is 0 Å². The van der Waals surface area contributed by atoms with Crippen molar-refractivity contribution in [3.63, 3.8) is 0 Å². The Morgan fingerprint density at radius 3 is 2.64 bits per heavy atom. The van der Waals surface area contributed by atoms with Gasteiger partial charge in [-0.05, 0) is 48.7 Å². The van der Waals surface area contributed by atoms with E-state index >= 15 is 0 Å². The van der Waals surface area contributed by atoms with E-state index in [1.807, 2.05) is 65.4 Å². The van der Waals surface area contributed by atoms with E-state index in [1.54, 1.807) is 6.20 Å². The van der Waals surface area contributed by atoms with Crippen LogP contribution in [0.1, 0.15) is 22.5 Å². The van der Waals surface area contributed by atoms with Crippen LogP contribution in [0.5, 0.6) is 0 Å². The number of morpholine rings is 1. The molecule has 1 aliphatic heterocycles. The van der Waals surface area contributed by atoms with Gasteiger partial charge in [-0.3, -0.25) is 14.7 Å².